The van der Waals surface area contributed by atoms with Crippen molar-refractivity contribution in [3.05, 3.63) is 10.1 Å². The maximum atomic E-state index is 9.58. The zero-order chi connectivity index (χ0) is 7.44. The molecule has 0 radical (unpaired) electrons. The molecule has 0 spiro atoms. The predicted molar refractivity (Wildman–Crippen MR) is 34.1 cm³/mol. The van der Waals surface area contributed by atoms with E-state index in [0.29, 0.717) is 0 Å². The average Bonchev–Trinajstić information content (AvgIpc) is 1.84. The third-order valence-electron chi connectivity index (χ3n) is 0.747. The zero-order valence-corrected chi connectivity index (χ0v) is 7.38. The molecule has 0 rings (SSSR count). The molecule has 3 N–H and O–H groups in total. The molecule has 0 saturated carbocycles. The maximum Gasteiger partial charge on any atom is 2.00 e. The van der Waals surface area contributed by atoms with Gasteiger partial charge in [-0.3, -0.25) is 10.1 Å². The Morgan fingerprint density at radius 1 is 1.60 bits per heavy atom. The van der Waals surface area contributed by atoms with Crippen molar-refractivity contribution in [2.45, 2.75) is 12.3 Å². The molecule has 0 aromatic rings. The van der Waals surface area contributed by atoms with E-state index in [0.717, 1.165) is 0 Å². The second-order valence-electron chi connectivity index (χ2n) is 1.45. The van der Waals surface area contributed by atoms with Crippen LogP contribution in [0.25, 0.3) is 0 Å². The largest absolute Gasteiger partial charge is 2.00 e. The number of rotatable bonds is 3. The first-order chi connectivity index (χ1) is 4.09. The van der Waals surface area contributed by atoms with E-state index in [4.69, 9.17) is 15.3 Å². The normalized spacial score (nSPS) is 15.1. The van der Waals surface area contributed by atoms with Crippen LogP contribution in [-0.4, -0.2) is 76.9 Å². The minimum absolute atomic E-state index is 0. The summed E-state index contributed by atoms with van der Waals surface area (Å²) >= 11 is 0. The Bertz CT molecular complexity index is 117. The van der Waals surface area contributed by atoms with Crippen LogP contribution in [0.3, 0.4) is 0 Å². The van der Waals surface area contributed by atoms with Crippen molar-refractivity contribution in [1.29, 1.82) is 0 Å². The number of nitro groups is 1. The van der Waals surface area contributed by atoms with Crippen LogP contribution in [-0.2, 0) is 0 Å². The summed E-state index contributed by atoms with van der Waals surface area (Å²) in [5.74, 6) is 0. The van der Waals surface area contributed by atoms with Crippen LogP contribution in [0.2, 0.25) is 0 Å². The van der Waals surface area contributed by atoms with Crippen molar-refractivity contribution in [2.75, 3.05) is 6.61 Å². The van der Waals surface area contributed by atoms with Crippen LogP contribution in [0, 0.1) is 10.1 Å². The van der Waals surface area contributed by atoms with E-state index in [2.05, 4.69) is 0 Å². The molecule has 0 heterocycles. The Balaban J connectivity index is -0.000000107. The minimum atomic E-state index is -2.09. The van der Waals surface area contributed by atoms with Gasteiger partial charge in [-0.05, 0) is 0 Å². The third-order valence-corrected chi connectivity index (χ3v) is 0.747. The molecule has 7 heteroatoms. The van der Waals surface area contributed by atoms with Gasteiger partial charge in [-0.2, -0.15) is 0 Å². The monoisotopic (exact) mass is 179 g/mol. The summed E-state index contributed by atoms with van der Waals surface area (Å²) in [6.45, 7) is -0.817. The average molecular weight is 179 g/mol. The summed E-state index contributed by atoms with van der Waals surface area (Å²) in [4.78, 5) is 8.50. The number of hydrogen-bond donors (Lipinski definition) is 3. The molecule has 0 aliphatic heterocycles. The number of hydrogen-bond acceptors (Lipinski definition) is 5. The van der Waals surface area contributed by atoms with Crippen molar-refractivity contribution >= 4 is 37.7 Å². The fourth-order valence-corrected chi connectivity index (χ4v) is 0.235. The smallest absolute Gasteiger partial charge is 1.00 e. The predicted octanol–water partition coefficient (Wildman–Crippen LogP) is -2.22. The first kappa shape index (κ1) is 13.2. The summed E-state index contributed by atoms with van der Waals surface area (Å²) in [5, 5.41) is 34.3. The van der Waals surface area contributed by atoms with Crippen molar-refractivity contribution in [2.24, 2.45) is 0 Å². The molecule has 0 fully saturated rings. The second-order valence-corrected chi connectivity index (χ2v) is 1.45. The van der Waals surface area contributed by atoms with E-state index in [1.54, 1.807) is 0 Å². The van der Waals surface area contributed by atoms with Gasteiger partial charge in [-0.25, -0.2) is 0 Å². The van der Waals surface area contributed by atoms with Crippen molar-refractivity contribution in [3.8, 4) is 0 Å². The Labute approximate surface area is 89.6 Å². The van der Waals surface area contributed by atoms with Crippen LogP contribution < -0.4 is 0 Å². The summed E-state index contributed by atoms with van der Waals surface area (Å²) in [7, 11) is 0. The Kier molecular flexibility index (Phi) is 8.24. The fourth-order valence-electron chi connectivity index (χ4n) is 0.235. The summed E-state index contributed by atoms with van der Waals surface area (Å²) in [6.07, 6.45) is -3.78. The Hall–Kier alpha value is 0.540. The molecule has 2 unspecified atom stereocenters. The number of aliphatic hydroxyl groups is 3. The SMILES string of the molecule is O=[N+]([O-])C(O)C(O)CO.[Ca+2].[H-].[H-]. The summed E-state index contributed by atoms with van der Waals surface area (Å²) in [6, 6.07) is 0. The Morgan fingerprint density at radius 2 is 2.00 bits per heavy atom. The molecule has 58 valence electrons. The van der Waals surface area contributed by atoms with E-state index in [9.17, 15) is 10.1 Å². The maximum absolute atomic E-state index is 9.58. The van der Waals surface area contributed by atoms with Crippen LogP contribution in [0.15, 0.2) is 0 Å². The molecule has 0 aromatic heterocycles. The number of aliphatic hydroxyl groups excluding tert-OH is 3. The van der Waals surface area contributed by atoms with Gasteiger partial charge in [0.1, 0.15) is 0 Å². The van der Waals surface area contributed by atoms with Gasteiger partial charge in [-0.1, -0.05) is 0 Å². The van der Waals surface area contributed by atoms with Gasteiger partial charge < -0.3 is 18.2 Å². The van der Waals surface area contributed by atoms with Crippen LogP contribution in [0.5, 0.6) is 0 Å². The van der Waals surface area contributed by atoms with Gasteiger partial charge in [-0.15, -0.1) is 0 Å². The first-order valence-corrected chi connectivity index (χ1v) is 2.20. The molecular formula is C3H9CaNO5. The van der Waals surface area contributed by atoms with E-state index in [1.807, 2.05) is 0 Å². The molecule has 0 aliphatic rings. The molecule has 10 heavy (non-hydrogen) atoms. The van der Waals surface area contributed by atoms with Gasteiger partial charge in [0, 0.05) is 0 Å². The van der Waals surface area contributed by atoms with E-state index < -0.39 is 23.9 Å². The number of nitrogens with zero attached hydrogens (tertiary/aromatic N) is 1. The van der Waals surface area contributed by atoms with Crippen molar-refractivity contribution < 1.29 is 23.1 Å². The summed E-state index contributed by atoms with van der Waals surface area (Å²) < 4.78 is 0. The third kappa shape index (κ3) is 4.37. The van der Waals surface area contributed by atoms with Crippen LogP contribution in [0.4, 0.5) is 0 Å². The quantitative estimate of drug-likeness (QED) is 0.197. The zero-order valence-electron chi connectivity index (χ0n) is 7.17. The van der Waals surface area contributed by atoms with Crippen molar-refractivity contribution in [1.82, 2.24) is 0 Å². The standard InChI is InChI=1S/C3H7NO5.Ca.2H/c5-1-2(6)3(7)4(8)9;;;/h2-3,5-7H,1H2;;;/q;+2;2*-1. The van der Waals surface area contributed by atoms with Gasteiger partial charge in [0.2, 0.25) is 0 Å². The summed E-state index contributed by atoms with van der Waals surface area (Å²) in [5.41, 5.74) is 0. The fraction of sp³-hybridized carbons (Fsp3) is 1.00. The van der Waals surface area contributed by atoms with Gasteiger partial charge in [0.05, 0.1) is 11.5 Å². The molecule has 6 nitrogen and oxygen atoms in total. The molecule has 0 aromatic carbocycles. The van der Waals surface area contributed by atoms with E-state index in [1.165, 1.54) is 0 Å². The van der Waals surface area contributed by atoms with Crippen molar-refractivity contribution in [3.63, 3.8) is 0 Å². The molecule has 2 atom stereocenters. The molecular weight excluding hydrogens is 170 g/mol. The Morgan fingerprint density at radius 3 is 2.10 bits per heavy atom. The van der Waals surface area contributed by atoms with E-state index >= 15 is 0 Å². The minimum Gasteiger partial charge on any atom is -1.00 e. The van der Waals surface area contributed by atoms with Gasteiger partial charge in [0.15, 0.2) is 6.10 Å². The molecule has 0 aliphatic carbocycles. The van der Waals surface area contributed by atoms with E-state index in [-0.39, 0.29) is 40.6 Å². The topological polar surface area (TPSA) is 104 Å². The molecule has 0 bridgehead atoms. The van der Waals surface area contributed by atoms with Crippen LogP contribution in [0.1, 0.15) is 2.85 Å². The van der Waals surface area contributed by atoms with Crippen LogP contribution >= 0.6 is 0 Å². The molecule has 0 saturated heterocycles. The van der Waals surface area contributed by atoms with Gasteiger partial charge in [0.25, 0.3) is 0 Å². The second kappa shape index (κ2) is 6.26. The molecule has 0 amide bonds. The first-order valence-electron chi connectivity index (χ1n) is 2.20. The van der Waals surface area contributed by atoms with Gasteiger partial charge >= 0.3 is 44.0 Å².